The zero-order chi connectivity index (χ0) is 13.4. The largest absolute Gasteiger partial charge is 0.361 e. The van der Waals surface area contributed by atoms with E-state index in [1.807, 2.05) is 13.1 Å². The van der Waals surface area contributed by atoms with Crippen molar-refractivity contribution in [1.82, 2.24) is 20.0 Å². The third-order valence-electron chi connectivity index (χ3n) is 3.31. The first kappa shape index (κ1) is 12.0. The standard InChI is InChI=1S/C13H16N4O2/c1-8-6-17-7-10(3-4-12(17)14-8)15-13(18)11-5-9(2)19-16-11/h5-6,10H,3-4,7H2,1-2H3,(H,15,18). The molecular weight excluding hydrogens is 244 g/mol. The molecule has 0 spiro atoms. The highest BCUT2D eigenvalue weighted by atomic mass is 16.5. The third kappa shape index (κ3) is 2.38. The van der Waals surface area contributed by atoms with Crippen LogP contribution >= 0.6 is 0 Å². The van der Waals surface area contributed by atoms with Gasteiger partial charge in [-0.25, -0.2) is 4.98 Å². The predicted molar refractivity (Wildman–Crippen MR) is 67.8 cm³/mol. The van der Waals surface area contributed by atoms with Gasteiger partial charge in [-0.1, -0.05) is 5.16 Å². The molecule has 1 aliphatic rings. The lowest BCUT2D eigenvalue weighted by atomic mass is 10.1. The summed E-state index contributed by atoms with van der Waals surface area (Å²) in [5, 5.41) is 6.71. The van der Waals surface area contributed by atoms with Gasteiger partial charge in [0.1, 0.15) is 11.6 Å². The summed E-state index contributed by atoms with van der Waals surface area (Å²) >= 11 is 0. The minimum absolute atomic E-state index is 0.116. The lowest BCUT2D eigenvalue weighted by Gasteiger charge is -2.24. The van der Waals surface area contributed by atoms with E-state index >= 15 is 0 Å². The summed E-state index contributed by atoms with van der Waals surface area (Å²) in [7, 11) is 0. The van der Waals surface area contributed by atoms with Gasteiger partial charge in [-0.05, 0) is 20.3 Å². The maximum absolute atomic E-state index is 12.0. The van der Waals surface area contributed by atoms with Crippen LogP contribution in [0.5, 0.6) is 0 Å². The molecule has 1 aliphatic heterocycles. The maximum Gasteiger partial charge on any atom is 0.273 e. The molecule has 1 atom stereocenters. The van der Waals surface area contributed by atoms with Crippen molar-refractivity contribution in [3.05, 3.63) is 35.2 Å². The molecular formula is C13H16N4O2. The number of imidazole rings is 1. The number of hydrogen-bond acceptors (Lipinski definition) is 4. The Morgan fingerprint density at radius 2 is 2.37 bits per heavy atom. The summed E-state index contributed by atoms with van der Waals surface area (Å²) in [6.45, 7) is 4.51. The number of aryl methyl sites for hydroxylation is 3. The van der Waals surface area contributed by atoms with E-state index < -0.39 is 0 Å². The van der Waals surface area contributed by atoms with Gasteiger partial charge in [0.2, 0.25) is 0 Å². The molecule has 3 heterocycles. The number of nitrogens with one attached hydrogen (secondary N) is 1. The molecule has 2 aromatic heterocycles. The number of rotatable bonds is 2. The number of carbonyl (C=O) groups excluding carboxylic acids is 1. The van der Waals surface area contributed by atoms with Gasteiger partial charge in [0.15, 0.2) is 5.69 Å². The highest BCUT2D eigenvalue weighted by molar-refractivity contribution is 5.92. The Hall–Kier alpha value is -2.11. The van der Waals surface area contributed by atoms with Crippen LogP contribution in [0.1, 0.15) is 34.2 Å². The van der Waals surface area contributed by atoms with Crippen LogP contribution in [0.15, 0.2) is 16.8 Å². The molecule has 0 saturated heterocycles. The van der Waals surface area contributed by atoms with Crippen molar-refractivity contribution in [2.24, 2.45) is 0 Å². The monoisotopic (exact) mass is 260 g/mol. The molecule has 0 saturated carbocycles. The van der Waals surface area contributed by atoms with E-state index in [0.717, 1.165) is 30.9 Å². The van der Waals surface area contributed by atoms with Crippen LogP contribution in [0, 0.1) is 13.8 Å². The average Bonchev–Trinajstić information content (AvgIpc) is 2.93. The zero-order valence-corrected chi connectivity index (χ0v) is 11.0. The summed E-state index contributed by atoms with van der Waals surface area (Å²) < 4.78 is 7.02. The smallest absolute Gasteiger partial charge is 0.273 e. The summed E-state index contributed by atoms with van der Waals surface area (Å²) in [6.07, 6.45) is 3.81. The second kappa shape index (κ2) is 4.53. The summed E-state index contributed by atoms with van der Waals surface area (Å²) in [4.78, 5) is 16.4. The molecule has 6 nitrogen and oxygen atoms in total. The van der Waals surface area contributed by atoms with Crippen molar-refractivity contribution in [1.29, 1.82) is 0 Å². The first-order chi connectivity index (χ1) is 9.11. The van der Waals surface area contributed by atoms with Gasteiger partial charge in [-0.3, -0.25) is 4.79 Å². The molecule has 0 aliphatic carbocycles. The first-order valence-corrected chi connectivity index (χ1v) is 6.38. The predicted octanol–water partition coefficient (Wildman–Crippen LogP) is 1.23. The van der Waals surface area contributed by atoms with Gasteiger partial charge in [0, 0.05) is 31.3 Å². The fourth-order valence-corrected chi connectivity index (χ4v) is 2.44. The SMILES string of the molecule is Cc1cn2c(n1)CCC(NC(=O)c1cc(C)on1)C2. The fraction of sp³-hybridized carbons (Fsp3) is 0.462. The van der Waals surface area contributed by atoms with Crippen LogP contribution in [0.25, 0.3) is 0 Å². The number of aromatic nitrogens is 3. The fourth-order valence-electron chi connectivity index (χ4n) is 2.44. The Balaban J connectivity index is 1.67. The van der Waals surface area contributed by atoms with E-state index in [0.29, 0.717) is 11.5 Å². The second-order valence-electron chi connectivity index (χ2n) is 4.98. The van der Waals surface area contributed by atoms with Crippen molar-refractivity contribution in [3.63, 3.8) is 0 Å². The maximum atomic E-state index is 12.0. The van der Waals surface area contributed by atoms with E-state index in [1.54, 1.807) is 13.0 Å². The number of carbonyl (C=O) groups is 1. The molecule has 0 aromatic carbocycles. The lowest BCUT2D eigenvalue weighted by molar-refractivity contribution is 0.0918. The molecule has 0 radical (unpaired) electrons. The minimum Gasteiger partial charge on any atom is -0.361 e. The van der Waals surface area contributed by atoms with Crippen molar-refractivity contribution in [2.45, 2.75) is 39.3 Å². The van der Waals surface area contributed by atoms with Crippen LogP contribution in [-0.4, -0.2) is 26.7 Å². The van der Waals surface area contributed by atoms with Crippen LogP contribution in [0.3, 0.4) is 0 Å². The summed E-state index contributed by atoms with van der Waals surface area (Å²) in [5.41, 5.74) is 1.36. The van der Waals surface area contributed by atoms with Crippen molar-refractivity contribution >= 4 is 5.91 Å². The van der Waals surface area contributed by atoms with E-state index in [-0.39, 0.29) is 11.9 Å². The summed E-state index contributed by atoms with van der Waals surface area (Å²) in [5.74, 6) is 1.56. The highest BCUT2D eigenvalue weighted by Gasteiger charge is 2.22. The molecule has 6 heteroatoms. The Kier molecular flexibility index (Phi) is 2.85. The topological polar surface area (TPSA) is 73.0 Å². The van der Waals surface area contributed by atoms with Gasteiger partial charge in [0.05, 0.1) is 5.69 Å². The highest BCUT2D eigenvalue weighted by Crippen LogP contribution is 2.15. The van der Waals surface area contributed by atoms with E-state index in [1.165, 1.54) is 0 Å². The van der Waals surface area contributed by atoms with Crippen LogP contribution in [0.2, 0.25) is 0 Å². The molecule has 100 valence electrons. The van der Waals surface area contributed by atoms with Crippen molar-refractivity contribution in [2.75, 3.05) is 0 Å². The molecule has 1 N–H and O–H groups in total. The summed E-state index contributed by atoms with van der Waals surface area (Å²) in [6, 6.07) is 1.76. The number of fused-ring (bicyclic) bond motifs is 1. The molecule has 19 heavy (non-hydrogen) atoms. The Morgan fingerprint density at radius 3 is 3.11 bits per heavy atom. The molecule has 3 rings (SSSR count). The normalized spacial score (nSPS) is 18.1. The van der Waals surface area contributed by atoms with Gasteiger partial charge >= 0.3 is 0 Å². The van der Waals surface area contributed by atoms with Crippen LogP contribution in [-0.2, 0) is 13.0 Å². The Labute approximate surface area is 110 Å². The van der Waals surface area contributed by atoms with Gasteiger partial charge < -0.3 is 14.4 Å². The average molecular weight is 260 g/mol. The molecule has 2 aromatic rings. The van der Waals surface area contributed by atoms with Crippen LogP contribution in [0.4, 0.5) is 0 Å². The molecule has 1 unspecified atom stereocenters. The van der Waals surface area contributed by atoms with Crippen molar-refractivity contribution < 1.29 is 9.32 Å². The molecule has 0 bridgehead atoms. The zero-order valence-electron chi connectivity index (χ0n) is 11.0. The van der Waals surface area contributed by atoms with Gasteiger partial charge in [-0.15, -0.1) is 0 Å². The van der Waals surface area contributed by atoms with E-state index in [9.17, 15) is 4.79 Å². The van der Waals surface area contributed by atoms with Gasteiger partial charge in [-0.2, -0.15) is 0 Å². The number of hydrogen-bond donors (Lipinski definition) is 1. The Morgan fingerprint density at radius 1 is 1.53 bits per heavy atom. The Bertz CT molecular complexity index is 614. The number of nitrogens with zero attached hydrogens (tertiary/aromatic N) is 3. The lowest BCUT2D eigenvalue weighted by Crippen LogP contribution is -2.41. The first-order valence-electron chi connectivity index (χ1n) is 6.38. The second-order valence-corrected chi connectivity index (χ2v) is 4.98. The van der Waals surface area contributed by atoms with E-state index in [2.05, 4.69) is 20.0 Å². The minimum atomic E-state index is -0.179. The molecule has 0 fully saturated rings. The van der Waals surface area contributed by atoms with Crippen molar-refractivity contribution in [3.8, 4) is 0 Å². The van der Waals surface area contributed by atoms with Crippen LogP contribution < -0.4 is 5.32 Å². The number of amides is 1. The van der Waals surface area contributed by atoms with E-state index in [4.69, 9.17) is 4.52 Å². The third-order valence-corrected chi connectivity index (χ3v) is 3.31. The molecule has 1 amide bonds. The van der Waals surface area contributed by atoms with Gasteiger partial charge in [0.25, 0.3) is 5.91 Å². The quantitative estimate of drug-likeness (QED) is 0.881.